The second-order valence-corrected chi connectivity index (χ2v) is 7.35. The highest BCUT2D eigenvalue weighted by atomic mass is 32.2. The molecule has 5 heteroatoms. The maximum atomic E-state index is 11.2. The van der Waals surface area contributed by atoms with Crippen LogP contribution < -0.4 is 10.5 Å². The molecule has 20 heavy (non-hydrogen) atoms. The lowest BCUT2D eigenvalue weighted by molar-refractivity contribution is 0.379. The molecular weight excluding hydrogens is 272 g/mol. The van der Waals surface area contributed by atoms with Gasteiger partial charge in [-0.3, -0.25) is 4.72 Å². The molecule has 2 rings (SSSR count). The van der Waals surface area contributed by atoms with Crippen molar-refractivity contribution in [3.8, 4) is 0 Å². The Morgan fingerprint density at radius 3 is 2.40 bits per heavy atom. The summed E-state index contributed by atoms with van der Waals surface area (Å²) in [4.78, 5) is 0. The lowest BCUT2D eigenvalue weighted by Gasteiger charge is -2.31. The van der Waals surface area contributed by atoms with Crippen LogP contribution in [0.1, 0.15) is 38.2 Å². The van der Waals surface area contributed by atoms with E-state index in [4.69, 9.17) is 5.73 Å². The molecule has 0 amide bonds. The quantitative estimate of drug-likeness (QED) is 0.897. The van der Waals surface area contributed by atoms with Gasteiger partial charge in [-0.2, -0.15) is 0 Å². The van der Waals surface area contributed by atoms with Crippen molar-refractivity contribution in [1.82, 2.24) is 0 Å². The van der Waals surface area contributed by atoms with Gasteiger partial charge in [-0.1, -0.05) is 25.1 Å². The molecule has 0 radical (unpaired) electrons. The van der Waals surface area contributed by atoms with E-state index in [0.29, 0.717) is 5.69 Å². The maximum absolute atomic E-state index is 11.2. The first-order chi connectivity index (χ1) is 9.31. The van der Waals surface area contributed by atoms with Gasteiger partial charge >= 0.3 is 0 Å². The van der Waals surface area contributed by atoms with Crippen LogP contribution in [0.25, 0.3) is 5.57 Å². The molecule has 0 saturated heterocycles. The van der Waals surface area contributed by atoms with Crippen molar-refractivity contribution in [3.63, 3.8) is 0 Å². The molecule has 0 fully saturated rings. The zero-order valence-electron chi connectivity index (χ0n) is 12.0. The van der Waals surface area contributed by atoms with Crippen molar-refractivity contribution in [2.45, 2.75) is 38.1 Å². The highest BCUT2D eigenvalue weighted by Crippen LogP contribution is 2.33. The fraction of sp³-hybridized carbons (Fsp3) is 0.467. The van der Waals surface area contributed by atoms with Gasteiger partial charge in [-0.15, -0.1) is 0 Å². The third-order valence-electron chi connectivity index (χ3n) is 3.91. The van der Waals surface area contributed by atoms with Gasteiger partial charge in [0.05, 0.1) is 6.26 Å². The second kappa shape index (κ2) is 5.58. The third kappa shape index (κ3) is 3.84. The zero-order chi connectivity index (χ0) is 14.8. The average molecular weight is 294 g/mol. The van der Waals surface area contributed by atoms with E-state index >= 15 is 0 Å². The first kappa shape index (κ1) is 15.1. The molecule has 1 atom stereocenters. The summed E-state index contributed by atoms with van der Waals surface area (Å²) < 4.78 is 24.8. The van der Waals surface area contributed by atoms with Crippen molar-refractivity contribution >= 4 is 21.3 Å². The van der Waals surface area contributed by atoms with Crippen LogP contribution in [0.3, 0.4) is 0 Å². The van der Waals surface area contributed by atoms with Crippen LogP contribution in [0, 0.1) is 0 Å². The number of benzene rings is 1. The van der Waals surface area contributed by atoms with E-state index in [1.54, 1.807) is 12.1 Å². The molecule has 0 spiro atoms. The fourth-order valence-corrected chi connectivity index (χ4v) is 3.03. The fourth-order valence-electron chi connectivity index (χ4n) is 2.46. The summed E-state index contributed by atoms with van der Waals surface area (Å²) in [7, 11) is -3.21. The molecule has 4 nitrogen and oxygen atoms in total. The molecule has 1 aromatic rings. The summed E-state index contributed by atoms with van der Waals surface area (Å²) >= 11 is 0. The number of hydrogen-bond donors (Lipinski definition) is 2. The minimum atomic E-state index is -3.21. The lowest BCUT2D eigenvalue weighted by Crippen LogP contribution is -2.39. The van der Waals surface area contributed by atoms with E-state index in [1.165, 1.54) is 5.57 Å². The lowest BCUT2D eigenvalue weighted by atomic mass is 9.80. The Balaban J connectivity index is 2.12. The Hall–Kier alpha value is -1.33. The van der Waals surface area contributed by atoms with Crippen molar-refractivity contribution < 1.29 is 8.42 Å². The van der Waals surface area contributed by atoms with Crippen LogP contribution in [0.4, 0.5) is 5.69 Å². The number of allylic oxidation sites excluding steroid dienone is 1. The summed E-state index contributed by atoms with van der Waals surface area (Å²) in [5.74, 6) is 0. The van der Waals surface area contributed by atoms with Gasteiger partial charge in [0.25, 0.3) is 0 Å². The number of hydrogen-bond acceptors (Lipinski definition) is 3. The molecule has 1 aliphatic carbocycles. The van der Waals surface area contributed by atoms with Crippen LogP contribution in [0.2, 0.25) is 0 Å². The maximum Gasteiger partial charge on any atom is 0.229 e. The number of sulfonamides is 1. The monoisotopic (exact) mass is 294 g/mol. The van der Waals surface area contributed by atoms with Gasteiger partial charge in [0.1, 0.15) is 0 Å². The molecular formula is C15H22N2O2S. The Morgan fingerprint density at radius 1 is 1.30 bits per heavy atom. The Labute approximate surface area is 121 Å². The van der Waals surface area contributed by atoms with E-state index in [1.807, 2.05) is 12.1 Å². The first-order valence-corrected chi connectivity index (χ1v) is 8.77. The normalized spacial score (nSPS) is 23.2. The molecule has 3 N–H and O–H groups in total. The summed E-state index contributed by atoms with van der Waals surface area (Å²) in [6.07, 6.45) is 7.24. The number of nitrogens with one attached hydrogen (secondary N) is 1. The van der Waals surface area contributed by atoms with Crippen LogP contribution in [-0.4, -0.2) is 20.2 Å². The van der Waals surface area contributed by atoms with E-state index < -0.39 is 10.0 Å². The molecule has 110 valence electrons. The number of nitrogens with two attached hydrogens (primary N) is 1. The Morgan fingerprint density at radius 2 is 1.95 bits per heavy atom. The number of anilines is 1. The topological polar surface area (TPSA) is 72.2 Å². The van der Waals surface area contributed by atoms with Crippen molar-refractivity contribution in [2.75, 3.05) is 11.0 Å². The summed E-state index contributed by atoms with van der Waals surface area (Å²) in [5.41, 5.74) is 9.25. The van der Waals surface area contributed by atoms with Crippen molar-refractivity contribution in [2.24, 2.45) is 5.73 Å². The molecule has 0 aliphatic heterocycles. The minimum Gasteiger partial charge on any atom is -0.325 e. The third-order valence-corrected chi connectivity index (χ3v) is 4.52. The molecule has 0 heterocycles. The largest absolute Gasteiger partial charge is 0.325 e. The van der Waals surface area contributed by atoms with Gasteiger partial charge in [0.2, 0.25) is 10.0 Å². The summed E-state index contributed by atoms with van der Waals surface area (Å²) in [6.45, 7) is 2.13. The van der Waals surface area contributed by atoms with E-state index in [0.717, 1.165) is 37.5 Å². The average Bonchev–Trinajstić information content (AvgIpc) is 2.39. The second-order valence-electron chi connectivity index (χ2n) is 5.60. The van der Waals surface area contributed by atoms with Crippen LogP contribution in [0.5, 0.6) is 0 Å². The Bertz CT molecular complexity index is 605. The van der Waals surface area contributed by atoms with Gasteiger partial charge in [-0.05, 0) is 49.0 Å². The van der Waals surface area contributed by atoms with Gasteiger partial charge in [-0.25, -0.2) is 8.42 Å². The molecule has 0 aromatic heterocycles. The summed E-state index contributed by atoms with van der Waals surface area (Å²) in [5, 5.41) is 0. The summed E-state index contributed by atoms with van der Waals surface area (Å²) in [6, 6.07) is 7.49. The van der Waals surface area contributed by atoms with Crippen LogP contribution in [0.15, 0.2) is 30.3 Å². The van der Waals surface area contributed by atoms with E-state index in [-0.39, 0.29) is 5.54 Å². The van der Waals surface area contributed by atoms with Crippen LogP contribution >= 0.6 is 0 Å². The van der Waals surface area contributed by atoms with Crippen LogP contribution in [-0.2, 0) is 10.0 Å². The van der Waals surface area contributed by atoms with Gasteiger partial charge in [0.15, 0.2) is 0 Å². The first-order valence-electron chi connectivity index (χ1n) is 6.87. The smallest absolute Gasteiger partial charge is 0.229 e. The molecule has 0 bridgehead atoms. The SMILES string of the molecule is CCC1(N)CC=C(c2ccc(NS(C)(=O)=O)cc2)CC1. The van der Waals surface area contributed by atoms with Gasteiger partial charge < -0.3 is 5.73 Å². The van der Waals surface area contributed by atoms with Crippen molar-refractivity contribution in [3.05, 3.63) is 35.9 Å². The number of rotatable bonds is 4. The molecule has 1 aromatic carbocycles. The van der Waals surface area contributed by atoms with E-state index in [2.05, 4.69) is 17.7 Å². The predicted molar refractivity (Wildman–Crippen MR) is 83.9 cm³/mol. The molecule has 0 saturated carbocycles. The molecule has 1 unspecified atom stereocenters. The standard InChI is InChI=1S/C15H22N2O2S/c1-3-15(16)10-8-13(9-11-15)12-4-6-14(7-5-12)17-20(2,18)19/h4-8,17H,3,9-11,16H2,1-2H3. The highest BCUT2D eigenvalue weighted by molar-refractivity contribution is 7.92. The highest BCUT2D eigenvalue weighted by Gasteiger charge is 2.25. The Kier molecular flexibility index (Phi) is 4.20. The minimum absolute atomic E-state index is 0.0543. The van der Waals surface area contributed by atoms with Gasteiger partial charge in [0, 0.05) is 11.2 Å². The van der Waals surface area contributed by atoms with Crippen molar-refractivity contribution in [1.29, 1.82) is 0 Å². The zero-order valence-corrected chi connectivity index (χ0v) is 12.8. The van der Waals surface area contributed by atoms with E-state index in [9.17, 15) is 8.42 Å². The molecule has 1 aliphatic rings. The predicted octanol–water partition coefficient (Wildman–Crippen LogP) is 2.73.